The van der Waals surface area contributed by atoms with Crippen LogP contribution in [0.3, 0.4) is 0 Å². The highest BCUT2D eigenvalue weighted by Crippen LogP contribution is 2.31. The van der Waals surface area contributed by atoms with E-state index in [-0.39, 0.29) is 0 Å². The normalized spacial score (nSPS) is 10.4. The van der Waals surface area contributed by atoms with E-state index < -0.39 is 0 Å². The van der Waals surface area contributed by atoms with Gasteiger partial charge in [-0.3, -0.25) is 0 Å². The predicted octanol–water partition coefficient (Wildman–Crippen LogP) is 8.23. The zero-order valence-electron chi connectivity index (χ0n) is 21.5. The highest BCUT2D eigenvalue weighted by molar-refractivity contribution is 5.41. The van der Waals surface area contributed by atoms with Gasteiger partial charge < -0.3 is 23.7 Å². The molecule has 0 aliphatic heterocycles. The van der Waals surface area contributed by atoms with Gasteiger partial charge in [-0.15, -0.1) is 0 Å². The summed E-state index contributed by atoms with van der Waals surface area (Å²) in [6, 6.07) is 35.8. The Bertz CT molecular complexity index is 1610. The third-order valence-electron chi connectivity index (χ3n) is 5.38. The van der Waals surface area contributed by atoms with Gasteiger partial charge in [0.05, 0.1) is 0 Å². The summed E-state index contributed by atoms with van der Waals surface area (Å²) < 4.78 is 29.3. The van der Waals surface area contributed by atoms with Crippen LogP contribution in [0, 0.1) is 0 Å². The lowest BCUT2D eigenvalue weighted by molar-refractivity contribution is 0.399. The molecule has 0 spiro atoms. The molecule has 0 bridgehead atoms. The van der Waals surface area contributed by atoms with Crippen molar-refractivity contribution in [1.82, 2.24) is 19.9 Å². The molecule has 0 unspecified atom stereocenters. The molecule has 41 heavy (non-hydrogen) atoms. The molecule has 0 atom stereocenters. The molecule has 0 saturated heterocycles. The van der Waals surface area contributed by atoms with Crippen molar-refractivity contribution in [3.63, 3.8) is 0 Å². The first-order chi connectivity index (χ1) is 20.2. The fourth-order valence-corrected chi connectivity index (χ4v) is 3.63. The molecule has 6 aromatic rings. The predicted molar refractivity (Wildman–Crippen MR) is 150 cm³/mol. The molecule has 0 radical (unpaired) electrons. The van der Waals surface area contributed by atoms with Crippen LogP contribution in [0.2, 0.25) is 0 Å². The van der Waals surface area contributed by atoms with Crippen LogP contribution in [0.25, 0.3) is 0 Å². The molecule has 200 valence electrons. The third-order valence-corrected chi connectivity index (χ3v) is 5.38. The van der Waals surface area contributed by atoms with Crippen molar-refractivity contribution in [1.29, 1.82) is 0 Å². The summed E-state index contributed by atoms with van der Waals surface area (Å²) in [5.74, 6) is 4.57. The highest BCUT2D eigenvalue weighted by atomic mass is 16.5. The van der Waals surface area contributed by atoms with Crippen molar-refractivity contribution in [3.05, 3.63) is 134 Å². The number of hydrogen-bond donors (Lipinski definition) is 0. The van der Waals surface area contributed by atoms with E-state index in [1.165, 1.54) is 0 Å². The molecule has 2 aromatic carbocycles. The van der Waals surface area contributed by atoms with E-state index in [0.717, 1.165) is 0 Å². The Balaban J connectivity index is 1.11. The van der Waals surface area contributed by atoms with Gasteiger partial charge in [0.2, 0.25) is 35.3 Å². The van der Waals surface area contributed by atoms with Crippen LogP contribution in [0.15, 0.2) is 134 Å². The fourth-order valence-electron chi connectivity index (χ4n) is 3.63. The van der Waals surface area contributed by atoms with Crippen LogP contribution in [0.4, 0.5) is 0 Å². The molecule has 9 nitrogen and oxygen atoms in total. The maximum Gasteiger partial charge on any atom is 0.224 e. The van der Waals surface area contributed by atoms with Gasteiger partial charge in [0.1, 0.15) is 23.0 Å². The van der Waals surface area contributed by atoms with Gasteiger partial charge in [-0.05, 0) is 36.4 Å². The van der Waals surface area contributed by atoms with Gasteiger partial charge in [-0.1, -0.05) is 36.4 Å². The second-order valence-electron chi connectivity index (χ2n) is 8.42. The van der Waals surface area contributed by atoms with E-state index in [1.54, 1.807) is 73.1 Å². The standard InChI is InChI=1S/C32H22N4O5/c1-3-19-33-27(13-1)38-25-11-5-9-23(21-25)37-24-10-6-12-26(22-24)39-29-15-7-17-31(35-29)41-32-18-8-16-30(36-32)40-28-14-2-4-20-34-28/h1-22H. The monoisotopic (exact) mass is 542 g/mol. The van der Waals surface area contributed by atoms with Gasteiger partial charge in [-0.25, -0.2) is 9.97 Å². The average Bonchev–Trinajstić information content (AvgIpc) is 2.99. The molecule has 0 amide bonds. The van der Waals surface area contributed by atoms with Crippen LogP contribution < -0.4 is 23.7 Å². The lowest BCUT2D eigenvalue weighted by Gasteiger charge is -2.11. The first kappa shape index (κ1) is 25.3. The minimum absolute atomic E-state index is 0.308. The van der Waals surface area contributed by atoms with E-state index >= 15 is 0 Å². The quantitative estimate of drug-likeness (QED) is 0.169. The summed E-state index contributed by atoms with van der Waals surface area (Å²) in [5.41, 5.74) is 0. The van der Waals surface area contributed by atoms with E-state index in [2.05, 4.69) is 19.9 Å². The highest BCUT2D eigenvalue weighted by Gasteiger charge is 2.08. The Morgan fingerprint density at radius 3 is 1.17 bits per heavy atom. The lowest BCUT2D eigenvalue weighted by atomic mass is 10.3. The summed E-state index contributed by atoms with van der Waals surface area (Å²) in [4.78, 5) is 17.1. The van der Waals surface area contributed by atoms with Crippen molar-refractivity contribution in [3.8, 4) is 58.3 Å². The summed E-state index contributed by atoms with van der Waals surface area (Å²) in [6.45, 7) is 0. The molecule has 0 aliphatic carbocycles. The summed E-state index contributed by atoms with van der Waals surface area (Å²) in [7, 11) is 0. The van der Waals surface area contributed by atoms with Crippen LogP contribution in [-0.4, -0.2) is 19.9 Å². The van der Waals surface area contributed by atoms with Crippen molar-refractivity contribution >= 4 is 0 Å². The number of benzene rings is 2. The molecule has 0 fully saturated rings. The van der Waals surface area contributed by atoms with Crippen LogP contribution in [0.1, 0.15) is 0 Å². The summed E-state index contributed by atoms with van der Waals surface area (Å²) in [5, 5.41) is 0. The summed E-state index contributed by atoms with van der Waals surface area (Å²) >= 11 is 0. The van der Waals surface area contributed by atoms with Gasteiger partial charge in [-0.2, -0.15) is 9.97 Å². The fraction of sp³-hybridized carbons (Fsp3) is 0. The first-order valence-corrected chi connectivity index (χ1v) is 12.6. The van der Waals surface area contributed by atoms with E-state index in [0.29, 0.717) is 58.3 Å². The van der Waals surface area contributed by atoms with Crippen molar-refractivity contribution in [2.24, 2.45) is 0 Å². The third kappa shape index (κ3) is 7.12. The number of rotatable bonds is 10. The van der Waals surface area contributed by atoms with Crippen molar-refractivity contribution in [2.75, 3.05) is 0 Å². The Morgan fingerprint density at radius 1 is 0.317 bits per heavy atom. The number of aromatic nitrogens is 4. The number of ether oxygens (including phenoxy) is 5. The minimum Gasteiger partial charge on any atom is -0.457 e. The van der Waals surface area contributed by atoms with Crippen molar-refractivity contribution < 1.29 is 23.7 Å². The first-order valence-electron chi connectivity index (χ1n) is 12.6. The molecule has 4 heterocycles. The van der Waals surface area contributed by atoms with Gasteiger partial charge in [0, 0.05) is 60.9 Å². The molecule has 0 saturated carbocycles. The maximum absolute atomic E-state index is 6.04. The van der Waals surface area contributed by atoms with Crippen LogP contribution >= 0.6 is 0 Å². The Morgan fingerprint density at radius 2 is 0.683 bits per heavy atom. The van der Waals surface area contributed by atoms with E-state index in [4.69, 9.17) is 23.7 Å². The maximum atomic E-state index is 6.04. The van der Waals surface area contributed by atoms with Gasteiger partial charge >= 0.3 is 0 Å². The molecule has 0 aliphatic rings. The molecule has 4 aromatic heterocycles. The molecule has 6 rings (SSSR count). The molecule has 0 N–H and O–H groups in total. The minimum atomic E-state index is 0.308. The van der Waals surface area contributed by atoms with E-state index in [9.17, 15) is 0 Å². The lowest BCUT2D eigenvalue weighted by Crippen LogP contribution is -1.95. The summed E-state index contributed by atoms with van der Waals surface area (Å²) in [6.07, 6.45) is 3.32. The second kappa shape index (κ2) is 12.3. The zero-order valence-corrected chi connectivity index (χ0v) is 21.5. The number of hydrogen-bond acceptors (Lipinski definition) is 9. The zero-order chi connectivity index (χ0) is 27.7. The topological polar surface area (TPSA) is 97.7 Å². The Hall–Kier alpha value is -5.96. The largest absolute Gasteiger partial charge is 0.457 e. The van der Waals surface area contributed by atoms with Gasteiger partial charge in [0.15, 0.2) is 0 Å². The number of pyridine rings is 4. The smallest absolute Gasteiger partial charge is 0.224 e. The van der Waals surface area contributed by atoms with Crippen LogP contribution in [-0.2, 0) is 0 Å². The average molecular weight is 543 g/mol. The van der Waals surface area contributed by atoms with Gasteiger partial charge in [0.25, 0.3) is 0 Å². The van der Waals surface area contributed by atoms with Crippen molar-refractivity contribution in [2.45, 2.75) is 0 Å². The SMILES string of the molecule is c1ccc(Oc2cccc(Oc3cccc(Oc4cccc(Oc5cccc(Oc6ccccn6)n5)n4)c3)c2)nc1. The Kier molecular flexibility index (Phi) is 7.58. The van der Waals surface area contributed by atoms with E-state index in [1.807, 2.05) is 60.7 Å². The number of nitrogens with zero attached hydrogens (tertiary/aromatic N) is 4. The molecular weight excluding hydrogens is 520 g/mol. The second-order valence-corrected chi connectivity index (χ2v) is 8.42. The molecule has 9 heteroatoms. The molecular formula is C32H22N4O5. The Labute approximate surface area is 235 Å². The van der Waals surface area contributed by atoms with Crippen LogP contribution in [0.5, 0.6) is 58.3 Å².